The van der Waals surface area contributed by atoms with Gasteiger partial charge >= 0.3 is 5.97 Å². The molecule has 1 fully saturated rings. The van der Waals surface area contributed by atoms with Crippen LogP contribution in [0, 0.1) is 28.6 Å². The monoisotopic (exact) mass is 300 g/mol. The van der Waals surface area contributed by atoms with E-state index in [0.29, 0.717) is 0 Å². The first-order chi connectivity index (χ1) is 10.4. The van der Waals surface area contributed by atoms with E-state index in [2.05, 4.69) is 17.9 Å². The fraction of sp³-hybridized carbons (Fsp3) is 0.556. The van der Waals surface area contributed by atoms with Crippen molar-refractivity contribution in [2.75, 3.05) is 21.2 Å². The van der Waals surface area contributed by atoms with Crippen molar-refractivity contribution in [1.29, 1.82) is 5.26 Å². The van der Waals surface area contributed by atoms with Crippen molar-refractivity contribution in [3.63, 3.8) is 0 Å². The smallest absolute Gasteiger partial charge is 0.310 e. The fourth-order valence-corrected chi connectivity index (χ4v) is 3.74. The molecule has 1 aliphatic rings. The Balaban J connectivity index is 2.50. The number of esters is 1. The van der Waals surface area contributed by atoms with Gasteiger partial charge in [-0.25, -0.2) is 0 Å². The Morgan fingerprint density at radius 3 is 2.41 bits per heavy atom. The summed E-state index contributed by atoms with van der Waals surface area (Å²) >= 11 is 0. The molecule has 118 valence electrons. The molecule has 0 unspecified atom stereocenters. The van der Waals surface area contributed by atoms with Gasteiger partial charge in [0.1, 0.15) is 0 Å². The molecular weight excluding hydrogens is 276 g/mol. The predicted octanol–water partition coefficient (Wildman–Crippen LogP) is 2.67. The summed E-state index contributed by atoms with van der Waals surface area (Å²) in [6, 6.07) is 12.6. The van der Waals surface area contributed by atoms with E-state index in [1.807, 2.05) is 51.4 Å². The summed E-state index contributed by atoms with van der Waals surface area (Å²) in [5, 5.41) is 9.93. The number of benzene rings is 1. The van der Waals surface area contributed by atoms with Crippen molar-refractivity contribution in [1.82, 2.24) is 4.90 Å². The number of nitrogens with zero attached hydrogens (tertiary/aromatic N) is 2. The topological polar surface area (TPSA) is 53.3 Å². The number of rotatable bonds is 5. The predicted molar refractivity (Wildman–Crippen MR) is 85.0 cm³/mol. The van der Waals surface area contributed by atoms with Crippen LogP contribution in [-0.4, -0.2) is 38.1 Å². The number of ether oxygens (including phenoxy) is 1. The average molecular weight is 300 g/mol. The van der Waals surface area contributed by atoms with Gasteiger partial charge in [0.2, 0.25) is 0 Å². The molecule has 5 atom stereocenters. The summed E-state index contributed by atoms with van der Waals surface area (Å²) in [7, 11) is 5.40. The maximum absolute atomic E-state index is 12.1. The van der Waals surface area contributed by atoms with Crippen LogP contribution in [0.2, 0.25) is 0 Å². The second-order valence-corrected chi connectivity index (χ2v) is 6.43. The van der Waals surface area contributed by atoms with Gasteiger partial charge in [-0.2, -0.15) is 5.26 Å². The molecule has 4 nitrogen and oxygen atoms in total. The molecule has 0 aromatic heterocycles. The molecule has 1 aromatic carbocycles. The van der Waals surface area contributed by atoms with E-state index >= 15 is 0 Å². The number of hydrogen-bond donors (Lipinski definition) is 0. The molecule has 0 aliphatic heterocycles. The molecule has 0 radical (unpaired) electrons. The van der Waals surface area contributed by atoms with Crippen LogP contribution in [0.15, 0.2) is 30.3 Å². The van der Waals surface area contributed by atoms with Gasteiger partial charge in [0.15, 0.2) is 0 Å². The van der Waals surface area contributed by atoms with Gasteiger partial charge in [0, 0.05) is 12.0 Å². The number of carbonyl (C=O) groups excluding carboxylic acids is 1. The quantitative estimate of drug-likeness (QED) is 0.785. The third kappa shape index (κ3) is 2.40. The molecule has 1 aromatic rings. The summed E-state index contributed by atoms with van der Waals surface area (Å²) in [5.41, 5.74) is 0.404. The van der Waals surface area contributed by atoms with Crippen LogP contribution in [0.1, 0.15) is 25.3 Å². The number of likely N-dealkylation sites (N-methyl/N-ethyl adjacent to an activating group) is 1. The molecule has 2 rings (SSSR count). The lowest BCUT2D eigenvalue weighted by atomic mass is 9.76. The summed E-state index contributed by atoms with van der Waals surface area (Å²) in [4.78, 5) is 14.2. The first-order valence-electron chi connectivity index (χ1n) is 7.62. The van der Waals surface area contributed by atoms with Crippen molar-refractivity contribution >= 4 is 5.97 Å². The lowest BCUT2D eigenvalue weighted by Crippen LogP contribution is -2.37. The summed E-state index contributed by atoms with van der Waals surface area (Å²) < 4.78 is 4.92. The second-order valence-electron chi connectivity index (χ2n) is 6.43. The molecule has 4 heteroatoms. The van der Waals surface area contributed by atoms with Crippen LogP contribution in [0.4, 0.5) is 0 Å². The highest BCUT2D eigenvalue weighted by Crippen LogP contribution is 2.67. The Bertz CT molecular complexity index is 578. The lowest BCUT2D eigenvalue weighted by Gasteiger charge is -2.34. The van der Waals surface area contributed by atoms with Gasteiger partial charge in [-0.05, 0) is 32.5 Å². The van der Waals surface area contributed by atoms with Crippen LogP contribution < -0.4 is 0 Å². The molecule has 0 heterocycles. The SMILES string of the molecule is COC(=O)[C@H]1[C@H](C)[C@@]1(C#N)[C@@H](c1ccccc1)[C@H](C)N(C)C. The van der Waals surface area contributed by atoms with E-state index in [4.69, 9.17) is 4.74 Å². The fourth-order valence-electron chi connectivity index (χ4n) is 3.74. The minimum absolute atomic E-state index is 0.00226. The minimum atomic E-state index is -0.696. The van der Waals surface area contributed by atoms with E-state index in [-0.39, 0.29) is 29.8 Å². The third-order valence-electron chi connectivity index (χ3n) is 5.28. The van der Waals surface area contributed by atoms with Gasteiger partial charge < -0.3 is 9.64 Å². The zero-order valence-corrected chi connectivity index (χ0v) is 13.9. The zero-order valence-electron chi connectivity index (χ0n) is 13.9. The summed E-state index contributed by atoms with van der Waals surface area (Å²) in [6.45, 7) is 4.08. The van der Waals surface area contributed by atoms with Crippen LogP contribution in [0.25, 0.3) is 0 Å². The molecule has 0 saturated heterocycles. The van der Waals surface area contributed by atoms with Crippen LogP contribution in [0.5, 0.6) is 0 Å². The summed E-state index contributed by atoms with van der Waals surface area (Å²) in [6.07, 6.45) is 0. The van der Waals surface area contributed by atoms with Crippen molar-refractivity contribution in [3.05, 3.63) is 35.9 Å². The first kappa shape index (κ1) is 16.5. The molecule has 0 bridgehead atoms. The van der Waals surface area contributed by atoms with Crippen LogP contribution in [0.3, 0.4) is 0 Å². The first-order valence-corrected chi connectivity index (χ1v) is 7.62. The molecule has 0 N–H and O–H groups in total. The van der Waals surface area contributed by atoms with Crippen LogP contribution >= 0.6 is 0 Å². The van der Waals surface area contributed by atoms with Crippen molar-refractivity contribution in [3.8, 4) is 6.07 Å². The maximum Gasteiger partial charge on any atom is 0.310 e. The Labute approximate surface area is 132 Å². The highest BCUT2D eigenvalue weighted by molar-refractivity contribution is 5.79. The third-order valence-corrected chi connectivity index (χ3v) is 5.28. The standard InChI is InChI=1S/C18H24N2O2/c1-12-15(17(21)22-5)18(12,11-19)16(13(2)20(3)4)14-9-7-6-8-10-14/h6-10,12-13,15-16H,1-5H3/t12-,13-,15+,16+,18+/m0/s1. The highest BCUT2D eigenvalue weighted by atomic mass is 16.5. The van der Waals surface area contributed by atoms with Gasteiger partial charge in [0.05, 0.1) is 24.5 Å². The number of carbonyl (C=O) groups is 1. The van der Waals surface area contributed by atoms with E-state index in [0.717, 1.165) is 5.56 Å². The Kier molecular flexibility index (Phi) is 4.58. The molecule has 1 aliphatic carbocycles. The lowest BCUT2D eigenvalue weighted by molar-refractivity contribution is -0.143. The Morgan fingerprint density at radius 2 is 1.95 bits per heavy atom. The molecule has 0 amide bonds. The molecule has 22 heavy (non-hydrogen) atoms. The molecule has 1 saturated carbocycles. The maximum atomic E-state index is 12.1. The second kappa shape index (κ2) is 6.10. The Morgan fingerprint density at radius 1 is 1.36 bits per heavy atom. The highest BCUT2D eigenvalue weighted by Gasteiger charge is 2.71. The van der Waals surface area contributed by atoms with Gasteiger partial charge in [-0.15, -0.1) is 0 Å². The largest absolute Gasteiger partial charge is 0.469 e. The van der Waals surface area contributed by atoms with E-state index in [1.165, 1.54) is 7.11 Å². The molecule has 0 spiro atoms. The zero-order chi connectivity index (χ0) is 16.5. The number of methoxy groups -OCH3 is 1. The Hall–Kier alpha value is -1.86. The van der Waals surface area contributed by atoms with Gasteiger partial charge in [0.25, 0.3) is 0 Å². The minimum Gasteiger partial charge on any atom is -0.469 e. The van der Waals surface area contributed by atoms with Crippen molar-refractivity contribution < 1.29 is 9.53 Å². The summed E-state index contributed by atoms with van der Waals surface area (Å²) in [5.74, 6) is -0.665. The van der Waals surface area contributed by atoms with Crippen molar-refractivity contribution in [2.24, 2.45) is 17.3 Å². The number of nitriles is 1. The number of hydrogen-bond acceptors (Lipinski definition) is 4. The van der Waals surface area contributed by atoms with E-state index in [9.17, 15) is 10.1 Å². The van der Waals surface area contributed by atoms with Gasteiger partial charge in [-0.1, -0.05) is 37.3 Å². The normalized spacial score (nSPS) is 29.5. The molecular formula is C18H24N2O2. The van der Waals surface area contributed by atoms with E-state index < -0.39 is 5.41 Å². The van der Waals surface area contributed by atoms with Crippen LogP contribution in [-0.2, 0) is 9.53 Å². The van der Waals surface area contributed by atoms with Gasteiger partial charge in [-0.3, -0.25) is 4.79 Å². The van der Waals surface area contributed by atoms with Crippen molar-refractivity contribution in [2.45, 2.75) is 25.8 Å². The van der Waals surface area contributed by atoms with E-state index in [1.54, 1.807) is 0 Å². The average Bonchev–Trinajstić information content (AvgIpc) is 3.13.